The lowest BCUT2D eigenvalue weighted by Gasteiger charge is -2.43. The van der Waals surface area contributed by atoms with E-state index in [1.54, 1.807) is 0 Å². The fourth-order valence-corrected chi connectivity index (χ4v) is 3.39. The lowest BCUT2D eigenvalue weighted by molar-refractivity contribution is 0.0838. The van der Waals surface area contributed by atoms with Gasteiger partial charge in [-0.2, -0.15) is 0 Å². The molecule has 2 heteroatoms. The van der Waals surface area contributed by atoms with Gasteiger partial charge in [-0.05, 0) is 64.5 Å². The Bertz CT molecular complexity index is 240. The first-order chi connectivity index (χ1) is 8.91. The molecule has 19 heavy (non-hydrogen) atoms. The van der Waals surface area contributed by atoms with Crippen molar-refractivity contribution in [3.8, 4) is 0 Å². The van der Waals surface area contributed by atoms with Gasteiger partial charge in [-0.15, -0.1) is 0 Å². The van der Waals surface area contributed by atoms with Gasteiger partial charge in [0.2, 0.25) is 0 Å². The minimum Gasteiger partial charge on any atom is -0.312 e. The minimum atomic E-state index is 0.575. The molecule has 1 rings (SSSR count). The van der Waals surface area contributed by atoms with Crippen LogP contribution in [0.1, 0.15) is 73.1 Å². The van der Waals surface area contributed by atoms with Crippen LogP contribution in [0.4, 0.5) is 0 Å². The smallest absolute Gasteiger partial charge is 0.0220 e. The molecule has 0 radical (unpaired) electrons. The lowest BCUT2D eigenvalue weighted by atomic mass is 9.75. The molecule has 0 amide bonds. The molecule has 2 nitrogen and oxygen atoms in total. The third-order valence-corrected chi connectivity index (χ3v) is 5.21. The maximum absolute atomic E-state index is 3.71. The largest absolute Gasteiger partial charge is 0.312 e. The first-order valence-electron chi connectivity index (χ1n) is 8.36. The molecule has 0 bridgehead atoms. The number of hydrogen-bond acceptors (Lipinski definition) is 2. The topological polar surface area (TPSA) is 15.3 Å². The average Bonchev–Trinajstić information content (AvgIpc) is 2.38. The highest BCUT2D eigenvalue weighted by atomic mass is 15.2. The van der Waals surface area contributed by atoms with Crippen LogP contribution in [-0.2, 0) is 0 Å². The molecule has 1 saturated carbocycles. The molecular formula is C17H36N2. The van der Waals surface area contributed by atoms with Crippen LogP contribution >= 0.6 is 0 Å². The molecule has 0 heterocycles. The summed E-state index contributed by atoms with van der Waals surface area (Å²) >= 11 is 0. The van der Waals surface area contributed by atoms with Crippen LogP contribution in [0.2, 0.25) is 0 Å². The van der Waals surface area contributed by atoms with Crippen molar-refractivity contribution in [2.75, 3.05) is 13.6 Å². The van der Waals surface area contributed by atoms with E-state index in [0.29, 0.717) is 17.5 Å². The van der Waals surface area contributed by atoms with Gasteiger partial charge in [-0.1, -0.05) is 27.7 Å². The Morgan fingerprint density at radius 3 is 2.26 bits per heavy atom. The van der Waals surface area contributed by atoms with Crippen molar-refractivity contribution in [2.45, 2.75) is 91.3 Å². The Balaban J connectivity index is 2.49. The third kappa shape index (κ3) is 5.07. The van der Waals surface area contributed by atoms with Gasteiger partial charge in [-0.3, -0.25) is 4.90 Å². The van der Waals surface area contributed by atoms with Crippen LogP contribution in [0.15, 0.2) is 0 Å². The van der Waals surface area contributed by atoms with Gasteiger partial charge in [0.05, 0.1) is 0 Å². The molecule has 2 unspecified atom stereocenters. The second kappa shape index (κ2) is 7.64. The van der Waals surface area contributed by atoms with Crippen molar-refractivity contribution >= 4 is 0 Å². The summed E-state index contributed by atoms with van der Waals surface area (Å²) in [4.78, 5) is 2.64. The molecule has 0 saturated heterocycles. The predicted octanol–water partition coefficient (Wildman–Crippen LogP) is 4.05. The molecule has 114 valence electrons. The van der Waals surface area contributed by atoms with Crippen molar-refractivity contribution in [3.05, 3.63) is 0 Å². The standard InChI is InChI=1S/C17H36N2/c1-7-13-18-16(8-2)14(3)19(6)15-9-11-17(4,5)12-10-15/h14-16,18H,7-13H2,1-6H3. The first-order valence-corrected chi connectivity index (χ1v) is 8.36. The SMILES string of the molecule is CCCNC(CC)C(C)N(C)C1CCC(C)(C)CC1. The fourth-order valence-electron chi connectivity index (χ4n) is 3.39. The maximum atomic E-state index is 3.71. The highest BCUT2D eigenvalue weighted by molar-refractivity contribution is 4.87. The van der Waals surface area contributed by atoms with E-state index in [1.807, 2.05) is 0 Å². The molecule has 0 spiro atoms. The first kappa shape index (κ1) is 17.0. The van der Waals surface area contributed by atoms with Gasteiger partial charge in [-0.25, -0.2) is 0 Å². The molecular weight excluding hydrogens is 232 g/mol. The monoisotopic (exact) mass is 268 g/mol. The van der Waals surface area contributed by atoms with E-state index in [9.17, 15) is 0 Å². The molecule has 1 fully saturated rings. The maximum Gasteiger partial charge on any atom is 0.0220 e. The van der Waals surface area contributed by atoms with Crippen LogP contribution in [-0.4, -0.2) is 36.6 Å². The third-order valence-electron chi connectivity index (χ3n) is 5.21. The second-order valence-corrected chi connectivity index (χ2v) is 7.27. The number of nitrogens with one attached hydrogen (secondary N) is 1. The number of likely N-dealkylation sites (N-methyl/N-ethyl adjacent to an activating group) is 1. The fraction of sp³-hybridized carbons (Fsp3) is 1.00. The molecule has 1 N–H and O–H groups in total. The van der Waals surface area contributed by atoms with Crippen LogP contribution in [0.25, 0.3) is 0 Å². The van der Waals surface area contributed by atoms with Gasteiger partial charge in [0, 0.05) is 18.1 Å². The number of nitrogens with zero attached hydrogens (tertiary/aromatic N) is 1. The van der Waals surface area contributed by atoms with E-state index in [1.165, 1.54) is 38.5 Å². The Morgan fingerprint density at radius 2 is 1.79 bits per heavy atom. The van der Waals surface area contributed by atoms with Crippen LogP contribution in [0.5, 0.6) is 0 Å². The lowest BCUT2D eigenvalue weighted by Crippen LogP contribution is -2.51. The molecule has 0 aromatic rings. The van der Waals surface area contributed by atoms with E-state index < -0.39 is 0 Å². The van der Waals surface area contributed by atoms with Crippen molar-refractivity contribution in [2.24, 2.45) is 5.41 Å². The normalized spacial score (nSPS) is 23.5. The van der Waals surface area contributed by atoms with Crippen molar-refractivity contribution in [1.29, 1.82) is 0 Å². The summed E-state index contributed by atoms with van der Waals surface area (Å²) in [5, 5.41) is 3.71. The van der Waals surface area contributed by atoms with Crippen LogP contribution in [0.3, 0.4) is 0 Å². The number of hydrogen-bond donors (Lipinski definition) is 1. The van der Waals surface area contributed by atoms with Gasteiger partial charge < -0.3 is 5.32 Å². The van der Waals surface area contributed by atoms with E-state index in [2.05, 4.69) is 51.9 Å². The van der Waals surface area contributed by atoms with E-state index >= 15 is 0 Å². The molecule has 0 aromatic carbocycles. The summed E-state index contributed by atoms with van der Waals surface area (Å²) in [6.07, 6.45) is 7.96. The summed E-state index contributed by atoms with van der Waals surface area (Å²) in [6.45, 7) is 12.9. The van der Waals surface area contributed by atoms with E-state index in [-0.39, 0.29) is 0 Å². The van der Waals surface area contributed by atoms with Gasteiger partial charge >= 0.3 is 0 Å². The molecule has 0 aromatic heterocycles. The minimum absolute atomic E-state index is 0.575. The zero-order chi connectivity index (χ0) is 14.5. The number of rotatable bonds is 7. The Morgan fingerprint density at radius 1 is 1.21 bits per heavy atom. The van der Waals surface area contributed by atoms with E-state index in [0.717, 1.165) is 12.6 Å². The molecule has 2 atom stereocenters. The quantitative estimate of drug-likeness (QED) is 0.749. The summed E-state index contributed by atoms with van der Waals surface area (Å²) in [5.41, 5.74) is 0.575. The van der Waals surface area contributed by atoms with Crippen molar-refractivity contribution < 1.29 is 0 Å². The highest BCUT2D eigenvalue weighted by Crippen LogP contribution is 2.37. The van der Waals surface area contributed by atoms with E-state index in [4.69, 9.17) is 0 Å². The predicted molar refractivity (Wildman–Crippen MR) is 85.6 cm³/mol. The summed E-state index contributed by atoms with van der Waals surface area (Å²) in [6, 6.07) is 2.07. The molecule has 0 aliphatic heterocycles. The van der Waals surface area contributed by atoms with Crippen molar-refractivity contribution in [1.82, 2.24) is 10.2 Å². The van der Waals surface area contributed by atoms with Gasteiger partial charge in [0.15, 0.2) is 0 Å². The second-order valence-electron chi connectivity index (χ2n) is 7.27. The van der Waals surface area contributed by atoms with Gasteiger partial charge in [0.25, 0.3) is 0 Å². The molecule has 1 aliphatic rings. The zero-order valence-corrected chi connectivity index (χ0v) is 14.1. The summed E-state index contributed by atoms with van der Waals surface area (Å²) < 4.78 is 0. The Hall–Kier alpha value is -0.0800. The summed E-state index contributed by atoms with van der Waals surface area (Å²) in [5.74, 6) is 0. The zero-order valence-electron chi connectivity index (χ0n) is 14.1. The summed E-state index contributed by atoms with van der Waals surface area (Å²) in [7, 11) is 2.34. The average molecular weight is 268 g/mol. The Kier molecular flexibility index (Phi) is 6.82. The Labute approximate surface area is 121 Å². The van der Waals surface area contributed by atoms with Gasteiger partial charge in [0.1, 0.15) is 0 Å². The highest BCUT2D eigenvalue weighted by Gasteiger charge is 2.31. The van der Waals surface area contributed by atoms with Crippen LogP contribution in [0, 0.1) is 5.41 Å². The molecule has 1 aliphatic carbocycles. The van der Waals surface area contributed by atoms with Crippen LogP contribution < -0.4 is 5.32 Å². The van der Waals surface area contributed by atoms with Crippen molar-refractivity contribution in [3.63, 3.8) is 0 Å².